The predicted octanol–water partition coefficient (Wildman–Crippen LogP) is 9.16. The zero-order valence-electron chi connectivity index (χ0n) is 22.6. The minimum absolute atomic E-state index is 0. The first-order valence-electron chi connectivity index (χ1n) is 12.2. The van der Waals surface area contributed by atoms with Crippen molar-refractivity contribution in [1.82, 2.24) is 4.98 Å². The van der Waals surface area contributed by atoms with Crippen molar-refractivity contribution in [3.63, 3.8) is 0 Å². The molecule has 3 aromatic carbocycles. The zero-order valence-corrected chi connectivity index (χ0v) is 25.8. The summed E-state index contributed by atoms with van der Waals surface area (Å²) < 4.78 is 15.7. The number of hydrogen-bond acceptors (Lipinski definition) is 4. The molecule has 3 nitrogen and oxygen atoms in total. The van der Waals surface area contributed by atoms with Crippen LogP contribution in [0.1, 0.15) is 50.6 Å². The van der Waals surface area contributed by atoms with Crippen LogP contribution < -0.4 is 0 Å². The second kappa shape index (κ2) is 11.4. The Bertz CT molecular complexity index is 1690. The van der Waals surface area contributed by atoms with Crippen LogP contribution in [0.2, 0.25) is 0 Å². The van der Waals surface area contributed by atoms with Crippen molar-refractivity contribution in [2.24, 2.45) is 0 Å². The van der Waals surface area contributed by atoms with Gasteiger partial charge in [0.15, 0.2) is 5.78 Å². The number of aliphatic hydroxyl groups is 1. The number of thiophene rings is 1. The van der Waals surface area contributed by atoms with Crippen LogP contribution in [-0.4, -0.2) is 15.9 Å². The molecule has 0 aliphatic heterocycles. The van der Waals surface area contributed by atoms with Crippen LogP contribution in [0.3, 0.4) is 0 Å². The molecule has 0 fully saturated rings. The average Bonchev–Trinajstić information content (AvgIpc) is 3.16. The molecule has 1 N–H and O–H groups in total. The van der Waals surface area contributed by atoms with E-state index in [0.29, 0.717) is 5.39 Å². The van der Waals surface area contributed by atoms with Gasteiger partial charge in [-0.1, -0.05) is 50.4 Å². The van der Waals surface area contributed by atoms with Crippen molar-refractivity contribution < 1.29 is 34.4 Å². The van der Waals surface area contributed by atoms with E-state index in [0.717, 1.165) is 37.7 Å². The summed E-state index contributed by atoms with van der Waals surface area (Å²) in [6.07, 6.45) is 2.99. The molecule has 5 aromatic rings. The number of hydrogen-bond donors (Lipinski definition) is 1. The van der Waals surface area contributed by atoms with Crippen molar-refractivity contribution in [3.05, 3.63) is 88.4 Å². The Kier molecular flexibility index (Phi) is 8.93. The van der Waals surface area contributed by atoms with Gasteiger partial charge in [-0.15, -0.1) is 23.3 Å². The van der Waals surface area contributed by atoms with Crippen LogP contribution in [0, 0.1) is 25.7 Å². The number of fused-ring (bicyclic) bond motifs is 4. The molecule has 0 aliphatic rings. The minimum Gasteiger partial charge on any atom is -0.512 e. The van der Waals surface area contributed by atoms with Crippen LogP contribution in [-0.2, 0) is 30.3 Å². The number of rotatable bonds is 2. The molecule has 1 radical (unpaired) electrons. The van der Waals surface area contributed by atoms with Gasteiger partial charge in [-0.2, -0.15) is 11.3 Å². The van der Waals surface area contributed by atoms with Crippen molar-refractivity contribution in [2.75, 3.05) is 0 Å². The Morgan fingerprint density at radius 1 is 0.974 bits per heavy atom. The molecule has 0 unspecified atom stereocenters. The smallest absolute Gasteiger partial charge is 0.155 e. The topological polar surface area (TPSA) is 50.2 Å². The van der Waals surface area contributed by atoms with E-state index in [9.17, 15) is 9.18 Å². The number of carbonyl (C=O) groups is 1. The van der Waals surface area contributed by atoms with E-state index in [4.69, 9.17) is 10.1 Å². The van der Waals surface area contributed by atoms with Gasteiger partial charge in [0.05, 0.1) is 5.76 Å². The van der Waals surface area contributed by atoms with Crippen LogP contribution in [0.25, 0.3) is 42.9 Å². The van der Waals surface area contributed by atoms with Crippen LogP contribution in [0.4, 0.5) is 4.39 Å². The number of aliphatic hydroxyl groups excluding tert-OH is 1. The molecule has 0 amide bonds. The summed E-state index contributed by atoms with van der Waals surface area (Å²) in [7, 11) is 0. The van der Waals surface area contributed by atoms with Gasteiger partial charge in [0.2, 0.25) is 0 Å². The van der Waals surface area contributed by atoms with E-state index in [2.05, 4.69) is 52.0 Å². The van der Waals surface area contributed by atoms with E-state index in [-0.39, 0.29) is 42.9 Å². The molecule has 0 spiro atoms. The first kappa shape index (κ1) is 29.6. The molecule has 0 saturated heterocycles. The molecule has 38 heavy (non-hydrogen) atoms. The molecular weight excluding hydrogens is 674 g/mol. The number of nitrogens with zero attached hydrogens (tertiary/aromatic N) is 1. The summed E-state index contributed by atoms with van der Waals surface area (Å²) >= 11 is 1.77. The molecule has 6 heteroatoms. The monoisotopic (exact) mass is 705 g/mol. The van der Waals surface area contributed by atoms with Gasteiger partial charge < -0.3 is 10.1 Å². The quantitative estimate of drug-likeness (QED) is 0.0864. The van der Waals surface area contributed by atoms with Crippen LogP contribution in [0.5, 0.6) is 0 Å². The Morgan fingerprint density at radius 3 is 2.26 bits per heavy atom. The van der Waals surface area contributed by atoms with Gasteiger partial charge in [0.25, 0.3) is 0 Å². The minimum atomic E-state index is -0.178. The molecule has 5 rings (SSSR count). The summed E-state index contributed by atoms with van der Waals surface area (Å²) in [5, 5.41) is 13.3. The summed E-state index contributed by atoms with van der Waals surface area (Å²) in [6.45, 7) is 13.7. The second-order valence-corrected chi connectivity index (χ2v) is 11.8. The SMILES string of the molecule is CC(=O)/C=C(/C)O.Cc1cc(F)c2ccc3c(-c4[c-]c5sc(C)cc5c(C(C)(C)C)c4)nccc3c2c1.[Ir]. The molecule has 0 aliphatic carbocycles. The third-order valence-electron chi connectivity index (χ3n) is 6.13. The largest absolute Gasteiger partial charge is 0.512 e. The summed E-state index contributed by atoms with van der Waals surface area (Å²) in [5.74, 6) is -0.241. The van der Waals surface area contributed by atoms with Crippen molar-refractivity contribution in [1.29, 1.82) is 0 Å². The number of aryl methyl sites for hydroxylation is 2. The van der Waals surface area contributed by atoms with E-state index >= 15 is 0 Å². The normalized spacial score (nSPS) is 11.8. The van der Waals surface area contributed by atoms with E-state index in [1.807, 2.05) is 31.3 Å². The molecule has 0 bridgehead atoms. The summed E-state index contributed by atoms with van der Waals surface area (Å²) in [6, 6.07) is 17.6. The molecule has 2 aromatic heterocycles. The van der Waals surface area contributed by atoms with Gasteiger partial charge in [0, 0.05) is 37.8 Å². The van der Waals surface area contributed by atoms with Crippen molar-refractivity contribution in [2.45, 2.75) is 53.9 Å². The fourth-order valence-corrected chi connectivity index (χ4v) is 5.57. The number of pyridine rings is 1. The molecular formula is C32H31FIrNO2S-. The van der Waals surface area contributed by atoms with E-state index in [1.165, 1.54) is 35.8 Å². The third-order valence-corrected chi connectivity index (χ3v) is 7.09. The molecule has 0 atom stereocenters. The maximum atomic E-state index is 14.5. The van der Waals surface area contributed by atoms with E-state index < -0.39 is 0 Å². The van der Waals surface area contributed by atoms with E-state index in [1.54, 1.807) is 17.4 Å². The predicted molar refractivity (Wildman–Crippen MR) is 154 cm³/mol. The van der Waals surface area contributed by atoms with Crippen LogP contribution >= 0.6 is 11.3 Å². The van der Waals surface area contributed by atoms with Gasteiger partial charge >= 0.3 is 0 Å². The Morgan fingerprint density at radius 2 is 1.66 bits per heavy atom. The van der Waals surface area contributed by atoms with Crippen LogP contribution in [0.15, 0.2) is 60.5 Å². The van der Waals surface area contributed by atoms with Crippen molar-refractivity contribution in [3.8, 4) is 11.3 Å². The average molecular weight is 705 g/mol. The van der Waals surface area contributed by atoms with Gasteiger partial charge in [-0.3, -0.25) is 4.79 Å². The summed E-state index contributed by atoms with van der Waals surface area (Å²) in [4.78, 5) is 16.0. The maximum Gasteiger partial charge on any atom is 0.155 e. The number of carbonyl (C=O) groups excluding carboxylic acids is 1. The molecule has 0 saturated carbocycles. The first-order valence-corrected chi connectivity index (χ1v) is 13.0. The first-order chi connectivity index (χ1) is 17.3. The maximum absolute atomic E-state index is 14.5. The number of benzene rings is 3. The van der Waals surface area contributed by atoms with Crippen molar-refractivity contribution >= 4 is 48.8 Å². The van der Waals surface area contributed by atoms with Gasteiger partial charge in [0.1, 0.15) is 5.82 Å². The number of allylic oxidation sites excluding steroid dienone is 2. The fraction of sp³-hybridized carbons (Fsp3) is 0.250. The Hall–Kier alpha value is -2.92. The third kappa shape index (κ3) is 6.20. The standard InChI is InChI=1S/C27H23FNS.C5H8O2.Ir/c1-15-10-21-18-8-9-29-26(20(18)7-6-19(21)24(28)11-15)17-13-23(27(3,4)5)22-12-16(2)30-25(22)14-17;1-4(6)3-5(2)7;/h6-13H,1-5H3;3,6H,1-2H3;/q-1;;/b;4-3-;. The number of aromatic nitrogens is 1. The number of halogens is 1. The Balaban J connectivity index is 0.000000444. The van der Waals surface area contributed by atoms with Gasteiger partial charge in [-0.25, -0.2) is 4.39 Å². The molecule has 2 heterocycles. The second-order valence-electron chi connectivity index (χ2n) is 10.5. The zero-order chi connectivity index (χ0) is 27.1. The fourth-order valence-electron chi connectivity index (χ4n) is 4.63. The molecule has 199 valence electrons. The van der Waals surface area contributed by atoms with Gasteiger partial charge in [-0.05, 0) is 82.2 Å². The number of ketones is 1. The Labute approximate surface area is 240 Å². The summed E-state index contributed by atoms with van der Waals surface area (Å²) in [5.41, 5.74) is 4.12.